The molecule has 142 valence electrons. The lowest BCUT2D eigenvalue weighted by Gasteiger charge is -2.35. The third-order valence-corrected chi connectivity index (χ3v) is 5.82. The summed E-state index contributed by atoms with van der Waals surface area (Å²) in [4.78, 5) is 17.3. The normalized spacial score (nSPS) is 16.8. The van der Waals surface area contributed by atoms with Crippen LogP contribution in [0.5, 0.6) is 5.75 Å². The molecule has 3 aromatic rings. The van der Waals surface area contributed by atoms with Gasteiger partial charge in [-0.1, -0.05) is 42.5 Å². The van der Waals surface area contributed by atoms with Gasteiger partial charge in [0.15, 0.2) is 0 Å². The van der Waals surface area contributed by atoms with Crippen LogP contribution in [0.3, 0.4) is 0 Å². The van der Waals surface area contributed by atoms with E-state index in [9.17, 15) is 4.79 Å². The minimum atomic E-state index is 0.139. The molecule has 5 rings (SSSR count). The average molecular weight is 372 g/mol. The number of ether oxygens (including phenoxy) is 1. The van der Waals surface area contributed by atoms with Crippen molar-refractivity contribution in [2.75, 3.05) is 32.8 Å². The van der Waals surface area contributed by atoms with Gasteiger partial charge in [-0.3, -0.25) is 9.69 Å². The lowest BCUT2D eigenvalue weighted by molar-refractivity contribution is 0.0628. The van der Waals surface area contributed by atoms with E-state index in [0.29, 0.717) is 0 Å². The van der Waals surface area contributed by atoms with Gasteiger partial charge in [0.25, 0.3) is 5.91 Å². The van der Waals surface area contributed by atoms with Crippen molar-refractivity contribution in [2.45, 2.75) is 13.0 Å². The Morgan fingerprint density at radius 1 is 0.893 bits per heavy atom. The summed E-state index contributed by atoms with van der Waals surface area (Å²) in [7, 11) is 0. The van der Waals surface area contributed by atoms with E-state index in [1.54, 1.807) is 0 Å². The monoisotopic (exact) mass is 372 g/mol. The average Bonchev–Trinajstić information content (AvgIpc) is 3.21. The van der Waals surface area contributed by atoms with Gasteiger partial charge >= 0.3 is 0 Å². The lowest BCUT2D eigenvalue weighted by atomic mass is 10.1. The number of amides is 1. The van der Waals surface area contributed by atoms with Crippen molar-refractivity contribution in [3.8, 4) is 5.75 Å². The van der Waals surface area contributed by atoms with Crippen LogP contribution in [0.15, 0.2) is 60.7 Å². The number of benzene rings is 3. The van der Waals surface area contributed by atoms with Crippen LogP contribution in [0.1, 0.15) is 21.5 Å². The molecule has 1 fully saturated rings. The Labute approximate surface area is 165 Å². The summed E-state index contributed by atoms with van der Waals surface area (Å²) in [6.45, 7) is 5.11. The second-order valence-corrected chi connectivity index (χ2v) is 7.67. The second kappa shape index (κ2) is 7.28. The number of fused-ring (bicyclic) bond motifs is 2. The molecule has 3 aromatic carbocycles. The molecule has 0 N–H and O–H groups in total. The van der Waals surface area contributed by atoms with E-state index >= 15 is 0 Å². The van der Waals surface area contributed by atoms with Crippen molar-refractivity contribution >= 4 is 16.7 Å². The number of hydrogen-bond donors (Lipinski definition) is 0. The highest BCUT2D eigenvalue weighted by atomic mass is 16.5. The first kappa shape index (κ1) is 17.3. The molecule has 2 aliphatic heterocycles. The number of nitrogens with zero attached hydrogens (tertiary/aromatic N) is 2. The van der Waals surface area contributed by atoms with Crippen LogP contribution in [0, 0.1) is 0 Å². The summed E-state index contributed by atoms with van der Waals surface area (Å²) in [5.74, 6) is 1.18. The van der Waals surface area contributed by atoms with E-state index in [4.69, 9.17) is 4.74 Å². The van der Waals surface area contributed by atoms with Gasteiger partial charge in [0, 0.05) is 44.7 Å². The molecule has 1 amide bonds. The van der Waals surface area contributed by atoms with Gasteiger partial charge in [0.05, 0.1) is 6.61 Å². The van der Waals surface area contributed by atoms with Gasteiger partial charge in [-0.15, -0.1) is 0 Å². The summed E-state index contributed by atoms with van der Waals surface area (Å²) in [5.41, 5.74) is 3.44. The molecule has 0 spiro atoms. The highest BCUT2D eigenvalue weighted by Crippen LogP contribution is 2.26. The third kappa shape index (κ3) is 3.36. The largest absolute Gasteiger partial charge is 0.493 e. The summed E-state index contributed by atoms with van der Waals surface area (Å²) in [6.07, 6.45) is 1.01. The van der Waals surface area contributed by atoms with Gasteiger partial charge < -0.3 is 9.64 Å². The quantitative estimate of drug-likeness (QED) is 0.702. The first-order chi connectivity index (χ1) is 13.8. The number of piperazine rings is 1. The number of carbonyl (C=O) groups excluding carboxylic acids is 1. The maximum absolute atomic E-state index is 12.9. The Balaban J connectivity index is 1.22. The summed E-state index contributed by atoms with van der Waals surface area (Å²) < 4.78 is 5.59. The topological polar surface area (TPSA) is 32.8 Å². The van der Waals surface area contributed by atoms with Gasteiger partial charge in [-0.05, 0) is 40.1 Å². The van der Waals surface area contributed by atoms with Gasteiger partial charge in [-0.25, -0.2) is 0 Å². The van der Waals surface area contributed by atoms with Crippen LogP contribution in [0.2, 0.25) is 0 Å². The van der Waals surface area contributed by atoms with Crippen molar-refractivity contribution in [1.82, 2.24) is 9.80 Å². The summed E-state index contributed by atoms with van der Waals surface area (Å²) in [6, 6.07) is 20.7. The highest BCUT2D eigenvalue weighted by molar-refractivity contribution is 5.98. The highest BCUT2D eigenvalue weighted by Gasteiger charge is 2.23. The fourth-order valence-corrected chi connectivity index (χ4v) is 4.21. The molecular formula is C24H24N2O2. The molecule has 1 saturated heterocycles. The Kier molecular flexibility index (Phi) is 4.49. The molecule has 2 heterocycles. The SMILES string of the molecule is O=C(c1ccc2ccccc2c1)N1CCN(Cc2ccc3c(c2)CCO3)CC1. The Bertz CT molecular complexity index is 1020. The van der Waals surface area contributed by atoms with Crippen molar-refractivity contribution in [3.63, 3.8) is 0 Å². The fourth-order valence-electron chi connectivity index (χ4n) is 4.21. The molecule has 4 heteroatoms. The number of hydrogen-bond acceptors (Lipinski definition) is 3. The molecule has 0 aromatic heterocycles. The van der Waals surface area contributed by atoms with Crippen LogP contribution >= 0.6 is 0 Å². The zero-order chi connectivity index (χ0) is 18.9. The van der Waals surface area contributed by atoms with Crippen LogP contribution < -0.4 is 4.74 Å². The number of carbonyl (C=O) groups is 1. The Morgan fingerprint density at radius 3 is 2.57 bits per heavy atom. The van der Waals surface area contributed by atoms with Gasteiger partial charge in [0.1, 0.15) is 5.75 Å². The van der Waals surface area contributed by atoms with E-state index in [2.05, 4.69) is 35.2 Å². The maximum atomic E-state index is 12.9. The van der Waals surface area contributed by atoms with E-state index in [-0.39, 0.29) is 5.91 Å². The molecule has 0 bridgehead atoms. The molecule has 0 atom stereocenters. The second-order valence-electron chi connectivity index (χ2n) is 7.67. The van der Waals surface area contributed by atoms with Crippen molar-refractivity contribution in [2.24, 2.45) is 0 Å². The van der Waals surface area contributed by atoms with Crippen LogP contribution in [0.25, 0.3) is 10.8 Å². The molecule has 0 unspecified atom stereocenters. The lowest BCUT2D eigenvalue weighted by Crippen LogP contribution is -2.48. The predicted molar refractivity (Wildman–Crippen MR) is 111 cm³/mol. The summed E-state index contributed by atoms with van der Waals surface area (Å²) in [5, 5.41) is 2.29. The standard InChI is InChI=1S/C24H24N2O2/c27-24(22-7-6-19-3-1-2-4-20(19)16-22)26-12-10-25(11-13-26)17-18-5-8-23-21(15-18)9-14-28-23/h1-8,15-16H,9-14,17H2. The third-order valence-electron chi connectivity index (χ3n) is 5.82. The molecule has 0 saturated carbocycles. The molecule has 28 heavy (non-hydrogen) atoms. The number of rotatable bonds is 3. The van der Waals surface area contributed by atoms with Crippen LogP contribution in [-0.2, 0) is 13.0 Å². The Hall–Kier alpha value is -2.85. The van der Waals surface area contributed by atoms with Gasteiger partial charge in [-0.2, -0.15) is 0 Å². The smallest absolute Gasteiger partial charge is 0.253 e. The van der Waals surface area contributed by atoms with Crippen LogP contribution in [0.4, 0.5) is 0 Å². The van der Waals surface area contributed by atoms with Crippen LogP contribution in [-0.4, -0.2) is 48.5 Å². The zero-order valence-corrected chi connectivity index (χ0v) is 15.9. The zero-order valence-electron chi connectivity index (χ0n) is 15.9. The van der Waals surface area contributed by atoms with E-state index < -0.39 is 0 Å². The molecule has 0 aliphatic carbocycles. The van der Waals surface area contributed by atoms with Crippen molar-refractivity contribution in [3.05, 3.63) is 77.4 Å². The minimum Gasteiger partial charge on any atom is -0.493 e. The van der Waals surface area contributed by atoms with E-state index in [0.717, 1.165) is 62.5 Å². The first-order valence-corrected chi connectivity index (χ1v) is 10.0. The van der Waals surface area contributed by atoms with Crippen molar-refractivity contribution in [1.29, 1.82) is 0 Å². The molecule has 0 radical (unpaired) electrons. The minimum absolute atomic E-state index is 0.139. The van der Waals surface area contributed by atoms with E-state index in [1.165, 1.54) is 16.5 Å². The predicted octanol–water partition coefficient (Wildman–Crippen LogP) is 3.73. The van der Waals surface area contributed by atoms with Crippen molar-refractivity contribution < 1.29 is 9.53 Å². The first-order valence-electron chi connectivity index (χ1n) is 10.0. The molecule has 2 aliphatic rings. The van der Waals surface area contributed by atoms with E-state index in [1.807, 2.05) is 35.2 Å². The molecule has 4 nitrogen and oxygen atoms in total. The maximum Gasteiger partial charge on any atom is 0.253 e. The van der Waals surface area contributed by atoms with Gasteiger partial charge in [0.2, 0.25) is 0 Å². The fraction of sp³-hybridized carbons (Fsp3) is 0.292. The molecular weight excluding hydrogens is 348 g/mol. The Morgan fingerprint density at radius 2 is 1.71 bits per heavy atom. The summed E-state index contributed by atoms with van der Waals surface area (Å²) >= 11 is 0.